The second-order valence-corrected chi connectivity index (χ2v) is 29.7. The maximum atomic E-state index is 11.6. The highest BCUT2D eigenvalue weighted by atomic mass is 16.5. The lowest BCUT2D eigenvalue weighted by Crippen LogP contribution is -2.52. The summed E-state index contributed by atoms with van der Waals surface area (Å²) >= 11 is 0. The van der Waals surface area contributed by atoms with Crippen molar-refractivity contribution in [3.8, 4) is 0 Å². The average Bonchev–Trinajstić information content (AvgIpc) is 1.48. The van der Waals surface area contributed by atoms with Gasteiger partial charge in [0.2, 0.25) is 5.91 Å². The van der Waals surface area contributed by atoms with Crippen LogP contribution in [0.3, 0.4) is 0 Å². The number of nitrogens with one attached hydrogen (secondary N) is 5. The van der Waals surface area contributed by atoms with Gasteiger partial charge in [0.15, 0.2) is 0 Å². The molecule has 98 heavy (non-hydrogen) atoms. The number of hydrogen-bond donors (Lipinski definition) is 7. The minimum Gasteiger partial charge on any atom is -0.466 e. The Balaban J connectivity index is 0.000000118. The van der Waals surface area contributed by atoms with Gasteiger partial charge in [-0.2, -0.15) is 0 Å². The van der Waals surface area contributed by atoms with Crippen molar-refractivity contribution in [1.82, 2.24) is 44.9 Å². The fourth-order valence-corrected chi connectivity index (χ4v) is 19.4. The number of rotatable bonds is 18. The van der Waals surface area contributed by atoms with Gasteiger partial charge in [0.1, 0.15) is 0 Å². The number of ether oxygens (including phenoxy) is 3. The zero-order valence-corrected chi connectivity index (χ0v) is 58.9. The van der Waals surface area contributed by atoms with Crippen molar-refractivity contribution in [2.75, 3.05) is 91.8 Å². The summed E-state index contributed by atoms with van der Waals surface area (Å²) in [5.74, 6) is 3.16. The number of aromatic amines is 4. The SMILES string of the molecule is CCCN1C[C@H](CNC(=O)CN)C[C@@H]2c3cccc4[nH]cc(c34)C[C@H]21.CCCN1C[C@H](COC(=O)CN)C[C@@H]2c3cccc4[nH]cc(c34)C[C@H]21.CCCN1C[C@H](COC(C)=O)C[C@@H]2c3cccc4[nH]cc(c34)C[C@H]21.CCCN1C[C@H](COC(C)=O)C[C@@H]2c3cccc4[nH]cc(c34)C[C@H]21. The molecular weight excluding hydrogens is 1230 g/mol. The van der Waals surface area contributed by atoms with Gasteiger partial charge in [-0.05, 0) is 178 Å². The number of piperidine rings is 4. The van der Waals surface area contributed by atoms with Gasteiger partial charge < -0.3 is 50.9 Å². The lowest BCUT2D eigenvalue weighted by molar-refractivity contribution is -0.144. The summed E-state index contributed by atoms with van der Waals surface area (Å²) in [5.41, 5.74) is 27.5. The molecule has 0 bridgehead atoms. The number of fused-ring (bicyclic) bond motifs is 8. The fraction of sp³-hybridized carbons (Fsp3) is 0.550. The van der Waals surface area contributed by atoms with E-state index in [1.54, 1.807) is 0 Å². The van der Waals surface area contributed by atoms with Crippen LogP contribution in [0.25, 0.3) is 43.6 Å². The first-order valence-corrected chi connectivity index (χ1v) is 37.2. The lowest BCUT2D eigenvalue weighted by Gasteiger charge is -2.47. The van der Waals surface area contributed by atoms with Crippen LogP contribution in [-0.4, -0.2) is 179 Å². The first kappa shape index (κ1) is 69.2. The minimum atomic E-state index is -0.303. The molecule has 1 amide bonds. The number of esters is 3. The second kappa shape index (κ2) is 31.1. The summed E-state index contributed by atoms with van der Waals surface area (Å²) in [6.07, 6.45) is 22.3. The Morgan fingerprint density at radius 2 is 0.724 bits per heavy atom. The second-order valence-electron chi connectivity index (χ2n) is 29.7. The zero-order chi connectivity index (χ0) is 68.1. The van der Waals surface area contributed by atoms with Gasteiger partial charge in [-0.3, -0.25) is 38.8 Å². The van der Waals surface area contributed by atoms with Crippen LogP contribution in [0.1, 0.15) is 161 Å². The van der Waals surface area contributed by atoms with Crippen molar-refractivity contribution >= 4 is 67.4 Å². The van der Waals surface area contributed by atoms with Crippen LogP contribution in [0.2, 0.25) is 0 Å². The number of carbonyl (C=O) groups excluding carboxylic acids is 4. The Bertz CT molecular complexity index is 3810. The molecular formula is C80H107N11O7. The molecule has 8 aliphatic rings. The molecule has 0 unspecified atom stereocenters. The third-order valence-electron chi connectivity index (χ3n) is 23.2. The van der Waals surface area contributed by atoms with E-state index in [9.17, 15) is 19.2 Å². The van der Waals surface area contributed by atoms with E-state index in [0.29, 0.717) is 91.3 Å². The molecule has 16 rings (SSSR count). The number of H-pyrrole nitrogens is 4. The Hall–Kier alpha value is -7.32. The van der Waals surface area contributed by atoms with Crippen LogP contribution in [0.4, 0.5) is 0 Å². The minimum absolute atomic E-state index is 0.0382. The number of benzene rings is 4. The monoisotopic (exact) mass is 1330 g/mol. The van der Waals surface area contributed by atoms with Gasteiger partial charge in [0, 0.05) is 181 Å². The van der Waals surface area contributed by atoms with Gasteiger partial charge in [-0.15, -0.1) is 0 Å². The van der Waals surface area contributed by atoms with Gasteiger partial charge in [-0.1, -0.05) is 76.2 Å². The number of carbonyl (C=O) groups is 4. The number of nitrogens with zero attached hydrogens (tertiary/aromatic N) is 4. The molecule has 4 saturated heterocycles. The van der Waals surface area contributed by atoms with Crippen LogP contribution >= 0.6 is 0 Å². The van der Waals surface area contributed by atoms with E-state index < -0.39 is 0 Å². The van der Waals surface area contributed by atoms with E-state index in [0.717, 1.165) is 136 Å². The molecule has 4 aliphatic heterocycles. The van der Waals surface area contributed by atoms with Crippen LogP contribution < -0.4 is 16.8 Å². The van der Waals surface area contributed by atoms with Crippen molar-refractivity contribution < 1.29 is 33.4 Å². The van der Waals surface area contributed by atoms with Gasteiger partial charge in [0.05, 0.1) is 32.9 Å². The number of hydrogen-bond acceptors (Lipinski definition) is 13. The summed E-state index contributed by atoms with van der Waals surface area (Å²) in [6.45, 7) is 22.9. The van der Waals surface area contributed by atoms with E-state index in [-0.39, 0.29) is 36.9 Å². The number of amides is 1. The van der Waals surface area contributed by atoms with Crippen molar-refractivity contribution in [1.29, 1.82) is 0 Å². The van der Waals surface area contributed by atoms with Crippen LogP contribution in [0, 0.1) is 23.7 Å². The van der Waals surface area contributed by atoms with Crippen molar-refractivity contribution in [3.05, 3.63) is 142 Å². The van der Waals surface area contributed by atoms with Gasteiger partial charge in [0.25, 0.3) is 0 Å². The van der Waals surface area contributed by atoms with E-state index in [2.05, 4.69) is 170 Å². The highest BCUT2D eigenvalue weighted by Crippen LogP contribution is 2.49. The molecule has 4 aromatic carbocycles. The standard InChI is InChI=1S/C20H28N4O.C20H27N3O2.2C20H26N2O2/c1-2-6-24-12-13(10-23-19(25)9-21)7-16-15-4-3-5-17-20(15)14(11-22-17)8-18(16)24;1-2-6-23-11-13(12-25-19(24)9-21)7-16-15-4-3-5-17-20(15)14(10-22-17)8-18(16)23;2*1-3-7-22-11-14(12-24-13(2)23)8-17-16-5-4-6-18-20(16)15(10-21-18)9-19(17)22/h3-5,11,13,16,18,22H,2,6-10,12,21H2,1H3,(H,23,25);3-5,10,13,16,18,22H,2,6-9,11-12,21H2,1H3;2*4-6,10,14,17,19,21H,3,7-9,11-12H2,1-2H3/t13-,16+,18+;13-,16-,18-;2*14-,17-,19-/m0111/s1. The Morgan fingerprint density at radius 1 is 0.429 bits per heavy atom. The summed E-state index contributed by atoms with van der Waals surface area (Å²) in [6, 6.07) is 28.8. The molecule has 0 spiro atoms. The summed E-state index contributed by atoms with van der Waals surface area (Å²) in [4.78, 5) is 69.8. The largest absolute Gasteiger partial charge is 0.466 e. The van der Waals surface area contributed by atoms with E-state index in [1.165, 1.54) is 102 Å². The topological polar surface area (TPSA) is 236 Å². The molecule has 18 heteroatoms. The lowest BCUT2D eigenvalue weighted by atomic mass is 9.72. The number of nitrogens with two attached hydrogens (primary N) is 2. The highest BCUT2D eigenvalue weighted by molar-refractivity contribution is 5.91. The van der Waals surface area contributed by atoms with Gasteiger partial charge >= 0.3 is 17.9 Å². The third-order valence-corrected chi connectivity index (χ3v) is 23.2. The molecule has 8 aromatic rings. The maximum Gasteiger partial charge on any atom is 0.319 e. The summed E-state index contributed by atoms with van der Waals surface area (Å²) in [5, 5.41) is 8.72. The number of aromatic nitrogens is 4. The number of likely N-dealkylation sites (tertiary alicyclic amines) is 4. The van der Waals surface area contributed by atoms with Crippen LogP contribution in [0.15, 0.2) is 97.6 Å². The normalized spacial score (nSPS) is 26.0. The van der Waals surface area contributed by atoms with Crippen LogP contribution in [-0.2, 0) is 59.1 Å². The Kier molecular flexibility index (Phi) is 21.9. The smallest absolute Gasteiger partial charge is 0.319 e. The molecule has 9 N–H and O–H groups in total. The quantitative estimate of drug-likeness (QED) is 0.0313. The van der Waals surface area contributed by atoms with Crippen molar-refractivity contribution in [2.24, 2.45) is 35.1 Å². The molecule has 18 nitrogen and oxygen atoms in total. The van der Waals surface area contributed by atoms with E-state index in [1.807, 2.05) is 0 Å². The third kappa shape index (κ3) is 14.5. The molecule has 4 fully saturated rings. The zero-order valence-electron chi connectivity index (χ0n) is 58.9. The molecule has 4 aliphatic carbocycles. The Labute approximate surface area is 578 Å². The molecule has 0 radical (unpaired) electrons. The molecule has 0 saturated carbocycles. The van der Waals surface area contributed by atoms with Gasteiger partial charge in [-0.25, -0.2) is 0 Å². The van der Waals surface area contributed by atoms with Crippen molar-refractivity contribution in [3.63, 3.8) is 0 Å². The highest BCUT2D eigenvalue weighted by Gasteiger charge is 2.45. The summed E-state index contributed by atoms with van der Waals surface area (Å²) < 4.78 is 16.1. The van der Waals surface area contributed by atoms with Crippen LogP contribution in [0.5, 0.6) is 0 Å². The Morgan fingerprint density at radius 3 is 1.01 bits per heavy atom. The predicted molar refractivity (Wildman–Crippen MR) is 389 cm³/mol. The van der Waals surface area contributed by atoms with E-state index in [4.69, 9.17) is 25.7 Å². The average molecular weight is 1330 g/mol. The molecule has 8 heterocycles. The summed E-state index contributed by atoms with van der Waals surface area (Å²) in [7, 11) is 0. The first-order valence-electron chi connectivity index (χ1n) is 37.2. The van der Waals surface area contributed by atoms with Crippen molar-refractivity contribution in [2.45, 2.75) is 166 Å². The molecule has 4 aromatic heterocycles. The fourth-order valence-electron chi connectivity index (χ4n) is 19.4. The van der Waals surface area contributed by atoms with E-state index >= 15 is 0 Å². The maximum absolute atomic E-state index is 11.6. The molecule has 12 atom stereocenters. The molecule has 524 valence electrons. The first-order chi connectivity index (χ1) is 47.8. The predicted octanol–water partition coefficient (Wildman–Crippen LogP) is 11.3.